The number of fused-ring (bicyclic) bond motifs is 5. The SMILES string of the molecule is CC[C@@]1(O)C(=O)OCc2c1cc1n(c2=O)Cc2c-1nc1cc(F)c(C)c3c1c2[C@@H](NC(=O)COCNC(=O)OCc1ccc(NC(=O)[C@H](C)NC(=O)[C@@H](NC(=O)CCOCCOCCOCCOCCNC(=O)COC2/C=C\CCCCC2)C(C)C)cc1)CC3. The molecule has 2 aliphatic heterocycles. The van der Waals surface area contributed by atoms with Crippen LogP contribution in [0.5, 0.6) is 0 Å². The van der Waals surface area contributed by atoms with Crippen LogP contribution >= 0.6 is 0 Å². The lowest BCUT2D eigenvalue weighted by Crippen LogP contribution is -2.53. The zero-order valence-corrected chi connectivity index (χ0v) is 51.7. The van der Waals surface area contributed by atoms with Crippen LogP contribution in [0.2, 0.25) is 0 Å². The van der Waals surface area contributed by atoms with Crippen molar-refractivity contribution in [3.63, 3.8) is 0 Å². The third-order valence-corrected chi connectivity index (χ3v) is 16.2. The number of allylic oxidation sites excluding steroid dienone is 1. The van der Waals surface area contributed by atoms with Crippen molar-refractivity contribution in [1.82, 2.24) is 36.1 Å². The van der Waals surface area contributed by atoms with Crippen LogP contribution in [0.15, 0.2) is 53.3 Å². The van der Waals surface area contributed by atoms with Crippen LogP contribution in [-0.2, 0) is 98.4 Å². The van der Waals surface area contributed by atoms with Gasteiger partial charge in [0.2, 0.25) is 29.5 Å². The molecule has 4 aliphatic rings. The number of halogens is 1. The average molecular weight is 1260 g/mol. The first-order chi connectivity index (χ1) is 43.4. The first-order valence-corrected chi connectivity index (χ1v) is 30.8. The van der Waals surface area contributed by atoms with Crippen molar-refractivity contribution in [2.45, 2.75) is 142 Å². The van der Waals surface area contributed by atoms with Crippen LogP contribution in [0.25, 0.3) is 22.3 Å². The summed E-state index contributed by atoms with van der Waals surface area (Å²) < 4.78 is 60.7. The molecule has 0 radical (unpaired) electrons. The molecule has 0 saturated carbocycles. The molecule has 0 spiro atoms. The first-order valence-electron chi connectivity index (χ1n) is 30.8. The van der Waals surface area contributed by atoms with Gasteiger partial charge in [-0.3, -0.25) is 34.1 Å². The van der Waals surface area contributed by atoms with Crippen molar-refractivity contribution < 1.29 is 81.0 Å². The number of amides is 6. The molecule has 6 amide bonds. The van der Waals surface area contributed by atoms with Gasteiger partial charge in [0.05, 0.1) is 94.0 Å². The number of nitrogens with zero attached hydrogens (tertiary/aromatic N) is 2. The normalized spacial score (nSPS) is 18.4. The van der Waals surface area contributed by atoms with Crippen molar-refractivity contribution >= 4 is 58.2 Å². The number of anilines is 1. The van der Waals surface area contributed by atoms with E-state index in [2.05, 4.69) is 38.0 Å². The number of aromatic nitrogens is 2. The number of esters is 1. The molecular formula is C64H83FN8O17. The molecule has 488 valence electrons. The lowest BCUT2D eigenvalue weighted by Gasteiger charge is -2.31. The van der Waals surface area contributed by atoms with Gasteiger partial charge in [0, 0.05) is 41.2 Å². The number of benzene rings is 2. The molecule has 2 aliphatic carbocycles. The Bertz CT molecular complexity index is 3320. The molecule has 5 atom stereocenters. The van der Waals surface area contributed by atoms with Crippen LogP contribution in [0.1, 0.15) is 124 Å². The lowest BCUT2D eigenvalue weighted by molar-refractivity contribution is -0.172. The topological polar surface area (TPSA) is 321 Å². The Labute approximate surface area is 521 Å². The smallest absolute Gasteiger partial charge is 0.409 e. The van der Waals surface area contributed by atoms with E-state index in [-0.39, 0.29) is 94.8 Å². The number of pyridine rings is 2. The zero-order valence-electron chi connectivity index (χ0n) is 51.7. The second-order valence-electron chi connectivity index (χ2n) is 22.9. The van der Waals surface area contributed by atoms with Crippen molar-refractivity contribution in [1.29, 1.82) is 0 Å². The van der Waals surface area contributed by atoms with Crippen LogP contribution in [0, 0.1) is 18.7 Å². The number of hydrogen-bond donors (Lipinski definition) is 7. The van der Waals surface area contributed by atoms with Gasteiger partial charge in [-0.25, -0.2) is 19.0 Å². The predicted octanol–water partition coefficient (Wildman–Crippen LogP) is 4.59. The molecule has 0 bridgehead atoms. The number of hydrogen-bond acceptors (Lipinski definition) is 18. The number of aryl methyl sites for hydroxylation is 1. The second-order valence-corrected chi connectivity index (χ2v) is 22.9. The standard InChI is InChI=1S/C64H83FN8O17/c1-6-64(82)47-30-51-58-45(32-73(51)61(79)46(47)34-89-62(64)80)56-49(19-18-44-39(4)48(65)31-50(71-58)55(44)56)70-54(76)35-87-37-67-63(81)90-33-41-14-16-42(17-15-41)69-59(77)40(5)68-60(78)57(38(2)3)72-52(74)20-22-83-24-26-85-28-29-86-27-25-84-23-21-66-53(75)36-88-43-12-10-8-7-9-11-13-43/h10,12,14-17,30-31,38,40,43,49,57,82H,6-9,11,13,18-29,32-37H2,1-5H3,(H,66,75)(H,67,81)(H,68,78)(H,69,77)(H,70,76)(H,72,74)/b12-10-/t40-,43?,49-,57-,64-/m0/s1. The summed E-state index contributed by atoms with van der Waals surface area (Å²) in [5, 5.41) is 28.4. The fourth-order valence-corrected chi connectivity index (χ4v) is 11.2. The Morgan fingerprint density at radius 1 is 0.811 bits per heavy atom. The summed E-state index contributed by atoms with van der Waals surface area (Å²) >= 11 is 0. The molecule has 0 fully saturated rings. The van der Waals surface area contributed by atoms with Gasteiger partial charge in [-0.05, 0) is 98.7 Å². The lowest BCUT2D eigenvalue weighted by atomic mass is 9.81. The van der Waals surface area contributed by atoms with Gasteiger partial charge >= 0.3 is 12.1 Å². The Balaban J connectivity index is 0.673. The van der Waals surface area contributed by atoms with Crippen LogP contribution in [0.3, 0.4) is 0 Å². The Hall–Kier alpha value is -7.72. The fraction of sp³-hybridized carbons (Fsp3) is 0.547. The summed E-state index contributed by atoms with van der Waals surface area (Å²) in [7, 11) is 0. The first kappa shape index (κ1) is 68.2. The quantitative estimate of drug-likeness (QED) is 0.0134. The molecular weight excluding hydrogens is 1170 g/mol. The van der Waals surface area contributed by atoms with Crippen LogP contribution < -0.4 is 37.5 Å². The minimum atomic E-state index is -2.04. The van der Waals surface area contributed by atoms with E-state index in [1.54, 1.807) is 58.0 Å². The van der Waals surface area contributed by atoms with Gasteiger partial charge in [0.25, 0.3) is 5.56 Å². The summed E-state index contributed by atoms with van der Waals surface area (Å²) in [6, 6.07) is 6.87. The maximum Gasteiger partial charge on any atom is 0.409 e. The zero-order chi connectivity index (χ0) is 64.3. The number of cyclic esters (lactones) is 1. The number of rotatable bonds is 32. The molecule has 25 nitrogen and oxygen atoms in total. The van der Waals surface area contributed by atoms with Gasteiger partial charge in [-0.1, -0.05) is 57.9 Å². The number of carbonyl (C=O) groups is 7. The minimum absolute atomic E-state index is 0.000907. The molecule has 7 N–H and O–H groups in total. The van der Waals surface area contributed by atoms with E-state index in [0.29, 0.717) is 103 Å². The van der Waals surface area contributed by atoms with E-state index in [0.717, 1.165) is 24.8 Å². The number of nitrogens with one attached hydrogen (secondary N) is 6. The van der Waals surface area contributed by atoms with Crippen LogP contribution in [0.4, 0.5) is 14.9 Å². The monoisotopic (exact) mass is 1250 g/mol. The Morgan fingerprint density at radius 2 is 1.53 bits per heavy atom. The number of aliphatic hydroxyl groups is 1. The van der Waals surface area contributed by atoms with Gasteiger partial charge < -0.3 is 74.2 Å². The van der Waals surface area contributed by atoms with Crippen molar-refractivity contribution in [2.75, 3.05) is 84.7 Å². The van der Waals surface area contributed by atoms with Gasteiger partial charge in [0.1, 0.15) is 51.1 Å². The van der Waals surface area contributed by atoms with E-state index in [1.165, 1.54) is 30.4 Å². The summed E-state index contributed by atoms with van der Waals surface area (Å²) in [5.74, 6) is -3.74. The molecule has 0 saturated heterocycles. The molecule has 4 aromatic rings. The molecule has 90 heavy (non-hydrogen) atoms. The molecule has 1 unspecified atom stereocenters. The highest BCUT2D eigenvalue weighted by Gasteiger charge is 2.46. The summed E-state index contributed by atoms with van der Waals surface area (Å²) in [6.07, 6.45) is 9.57. The Morgan fingerprint density at radius 3 is 2.26 bits per heavy atom. The third kappa shape index (κ3) is 17.8. The summed E-state index contributed by atoms with van der Waals surface area (Å²) in [4.78, 5) is 109. The van der Waals surface area contributed by atoms with E-state index < -0.39 is 77.4 Å². The maximum atomic E-state index is 15.4. The summed E-state index contributed by atoms with van der Waals surface area (Å²) in [6.45, 7) is 9.99. The van der Waals surface area contributed by atoms with E-state index in [9.17, 15) is 43.5 Å². The predicted molar refractivity (Wildman–Crippen MR) is 325 cm³/mol. The molecule has 4 heterocycles. The highest BCUT2D eigenvalue weighted by Crippen LogP contribution is 2.46. The Kier molecular flexibility index (Phi) is 24.9. The number of carbonyl (C=O) groups excluding carboxylic acids is 7. The van der Waals surface area contributed by atoms with Crippen LogP contribution in [-0.4, -0.2) is 154 Å². The highest BCUT2D eigenvalue weighted by atomic mass is 19.1. The second kappa shape index (κ2) is 32.8. The fourth-order valence-electron chi connectivity index (χ4n) is 11.2. The van der Waals surface area contributed by atoms with E-state index >= 15 is 4.39 Å². The van der Waals surface area contributed by atoms with E-state index in [1.807, 2.05) is 6.08 Å². The van der Waals surface area contributed by atoms with Crippen molar-refractivity contribution in [3.8, 4) is 11.4 Å². The number of ether oxygens (including phenoxy) is 8. The highest BCUT2D eigenvalue weighted by molar-refractivity contribution is 5.98. The number of alkyl carbamates (subject to hydrolysis) is 1. The molecule has 8 rings (SSSR count). The van der Waals surface area contributed by atoms with Crippen molar-refractivity contribution in [2.24, 2.45) is 5.92 Å². The van der Waals surface area contributed by atoms with Gasteiger partial charge in [-0.15, -0.1) is 0 Å². The van der Waals surface area contributed by atoms with E-state index in [4.69, 9.17) is 42.9 Å². The molecule has 26 heteroatoms. The third-order valence-electron chi connectivity index (χ3n) is 16.2. The molecule has 2 aromatic heterocycles. The maximum absolute atomic E-state index is 15.4. The van der Waals surface area contributed by atoms with Crippen molar-refractivity contribution in [3.05, 3.63) is 104 Å². The largest absolute Gasteiger partial charge is 0.458 e. The van der Waals surface area contributed by atoms with Gasteiger partial charge in [0.15, 0.2) is 5.60 Å². The van der Waals surface area contributed by atoms with Gasteiger partial charge in [-0.2, -0.15) is 0 Å². The minimum Gasteiger partial charge on any atom is -0.458 e. The average Bonchev–Trinajstić information content (AvgIpc) is 1.46. The summed E-state index contributed by atoms with van der Waals surface area (Å²) in [5.41, 5.74) is 2.35. The molecule has 2 aromatic carbocycles.